The summed E-state index contributed by atoms with van der Waals surface area (Å²) in [5.41, 5.74) is 3.68. The Morgan fingerprint density at radius 3 is 2.62 bits per heavy atom. The second-order valence-corrected chi connectivity index (χ2v) is 7.57. The number of H-pyrrole nitrogens is 1. The van der Waals surface area contributed by atoms with E-state index in [9.17, 15) is 9.59 Å². The van der Waals surface area contributed by atoms with Crippen molar-refractivity contribution >= 4 is 22.6 Å². The number of benzene rings is 1. The third-order valence-corrected chi connectivity index (χ3v) is 5.21. The molecule has 150 valence electrons. The van der Waals surface area contributed by atoms with Crippen LogP contribution in [0.1, 0.15) is 40.3 Å². The topological polar surface area (TPSA) is 88.2 Å². The first-order valence-electron chi connectivity index (χ1n) is 9.82. The number of fused-ring (bicyclic) bond motifs is 1. The highest BCUT2D eigenvalue weighted by atomic mass is 16.5. The number of likely N-dealkylation sites (tertiary alicyclic amines) is 1. The Hall–Kier alpha value is -3.22. The van der Waals surface area contributed by atoms with Crippen molar-refractivity contribution in [2.75, 3.05) is 13.1 Å². The van der Waals surface area contributed by atoms with Gasteiger partial charge in [-0.05, 0) is 45.7 Å². The van der Waals surface area contributed by atoms with Crippen molar-refractivity contribution in [3.05, 3.63) is 53.0 Å². The standard InChI is InChI=1S/C22H24N4O3/c1-13-11-14(2)24-22(23-13)29-16-7-6-10-26(12-16)21(28)20(27)19-15(3)25-18-9-5-4-8-17(18)19/h4-5,8-9,11,16,25H,6-7,10,12H2,1-3H3. The number of carbonyl (C=O) groups excluding carboxylic acids is 2. The van der Waals surface area contributed by atoms with Crippen LogP contribution < -0.4 is 4.74 Å². The molecular formula is C22H24N4O3. The summed E-state index contributed by atoms with van der Waals surface area (Å²) in [6.45, 7) is 6.49. The number of aryl methyl sites for hydroxylation is 3. The van der Waals surface area contributed by atoms with Crippen LogP contribution in [0, 0.1) is 20.8 Å². The maximum atomic E-state index is 13.0. The molecule has 0 bridgehead atoms. The van der Waals surface area contributed by atoms with Gasteiger partial charge in [0.1, 0.15) is 6.10 Å². The quantitative estimate of drug-likeness (QED) is 0.544. The molecule has 1 fully saturated rings. The average Bonchev–Trinajstić information content (AvgIpc) is 3.02. The Labute approximate surface area is 169 Å². The first-order valence-corrected chi connectivity index (χ1v) is 9.82. The minimum atomic E-state index is -0.493. The number of ketones is 1. The fourth-order valence-electron chi connectivity index (χ4n) is 3.93. The lowest BCUT2D eigenvalue weighted by atomic mass is 10.0. The Balaban J connectivity index is 1.51. The number of nitrogens with one attached hydrogen (secondary N) is 1. The fraction of sp³-hybridized carbons (Fsp3) is 0.364. The number of aromatic amines is 1. The van der Waals surface area contributed by atoms with Crippen molar-refractivity contribution in [1.82, 2.24) is 19.9 Å². The van der Waals surface area contributed by atoms with Crippen LogP contribution in [0.25, 0.3) is 10.9 Å². The molecule has 1 amide bonds. The minimum Gasteiger partial charge on any atom is -0.458 e. The van der Waals surface area contributed by atoms with Crippen molar-refractivity contribution in [2.45, 2.75) is 39.7 Å². The SMILES string of the molecule is Cc1cc(C)nc(OC2CCCN(C(=O)C(=O)c3c(C)[nH]c4ccccc34)C2)n1. The van der Waals surface area contributed by atoms with Crippen LogP contribution >= 0.6 is 0 Å². The number of rotatable bonds is 4. The lowest BCUT2D eigenvalue weighted by Crippen LogP contribution is -2.47. The third kappa shape index (κ3) is 3.85. The highest BCUT2D eigenvalue weighted by molar-refractivity contribution is 6.45. The smallest absolute Gasteiger partial charge is 0.317 e. The van der Waals surface area contributed by atoms with Crippen LogP contribution in [0.4, 0.5) is 0 Å². The Kier molecular flexibility index (Phi) is 5.05. The van der Waals surface area contributed by atoms with Crippen molar-refractivity contribution in [2.24, 2.45) is 0 Å². The van der Waals surface area contributed by atoms with Crippen molar-refractivity contribution < 1.29 is 14.3 Å². The molecule has 4 rings (SSSR count). The van der Waals surface area contributed by atoms with Gasteiger partial charge < -0.3 is 14.6 Å². The van der Waals surface area contributed by atoms with E-state index < -0.39 is 11.7 Å². The number of hydrogen-bond acceptors (Lipinski definition) is 5. The number of aromatic nitrogens is 3. The maximum Gasteiger partial charge on any atom is 0.317 e. The molecule has 7 nitrogen and oxygen atoms in total. The monoisotopic (exact) mass is 392 g/mol. The third-order valence-electron chi connectivity index (χ3n) is 5.21. The molecular weight excluding hydrogens is 368 g/mol. The van der Waals surface area contributed by atoms with Gasteiger partial charge in [0.15, 0.2) is 0 Å². The van der Waals surface area contributed by atoms with E-state index in [2.05, 4.69) is 15.0 Å². The molecule has 1 saturated heterocycles. The lowest BCUT2D eigenvalue weighted by Gasteiger charge is -2.32. The number of carbonyl (C=O) groups is 2. The van der Waals surface area contributed by atoms with Gasteiger partial charge in [-0.3, -0.25) is 9.59 Å². The molecule has 7 heteroatoms. The molecule has 1 aliphatic rings. The zero-order valence-electron chi connectivity index (χ0n) is 16.9. The van der Waals surface area contributed by atoms with Gasteiger partial charge in [-0.25, -0.2) is 9.97 Å². The van der Waals surface area contributed by atoms with Crippen LogP contribution in [0.15, 0.2) is 30.3 Å². The summed E-state index contributed by atoms with van der Waals surface area (Å²) in [6.07, 6.45) is 1.33. The number of para-hydroxylation sites is 1. The largest absolute Gasteiger partial charge is 0.458 e. The van der Waals surface area contributed by atoms with Crippen LogP contribution in [0.2, 0.25) is 0 Å². The molecule has 0 aliphatic carbocycles. The summed E-state index contributed by atoms with van der Waals surface area (Å²) in [6, 6.07) is 9.73. The van der Waals surface area contributed by atoms with E-state index in [0.29, 0.717) is 30.4 Å². The first kappa shape index (κ1) is 19.1. The Morgan fingerprint density at radius 1 is 1.14 bits per heavy atom. The van der Waals surface area contributed by atoms with E-state index in [1.165, 1.54) is 0 Å². The average molecular weight is 392 g/mol. The Bertz CT molecular complexity index is 1070. The molecule has 0 spiro atoms. The molecule has 0 saturated carbocycles. The summed E-state index contributed by atoms with van der Waals surface area (Å²) in [4.78, 5) is 39.4. The minimum absolute atomic E-state index is 0.231. The number of hydrogen-bond donors (Lipinski definition) is 1. The maximum absolute atomic E-state index is 13.0. The number of nitrogens with zero attached hydrogens (tertiary/aromatic N) is 3. The van der Waals surface area contributed by atoms with E-state index >= 15 is 0 Å². The summed E-state index contributed by atoms with van der Waals surface area (Å²) < 4.78 is 5.93. The lowest BCUT2D eigenvalue weighted by molar-refractivity contribution is -0.129. The summed E-state index contributed by atoms with van der Waals surface area (Å²) in [7, 11) is 0. The van der Waals surface area contributed by atoms with Crippen LogP contribution in [-0.2, 0) is 4.79 Å². The predicted molar refractivity (Wildman–Crippen MR) is 109 cm³/mol. The van der Waals surface area contributed by atoms with Gasteiger partial charge in [0, 0.05) is 34.5 Å². The second-order valence-electron chi connectivity index (χ2n) is 7.57. The van der Waals surface area contributed by atoms with E-state index in [-0.39, 0.29) is 6.10 Å². The van der Waals surface area contributed by atoms with Crippen LogP contribution in [0.5, 0.6) is 6.01 Å². The Morgan fingerprint density at radius 2 is 1.86 bits per heavy atom. The van der Waals surface area contributed by atoms with Crippen molar-refractivity contribution in [3.8, 4) is 6.01 Å². The van der Waals surface area contributed by atoms with Gasteiger partial charge in [0.25, 0.3) is 11.7 Å². The zero-order chi connectivity index (χ0) is 20.5. The molecule has 3 aromatic rings. The second kappa shape index (κ2) is 7.66. The van der Waals surface area contributed by atoms with Crippen molar-refractivity contribution in [3.63, 3.8) is 0 Å². The van der Waals surface area contributed by atoms with Gasteiger partial charge in [0.05, 0.1) is 12.1 Å². The van der Waals surface area contributed by atoms with E-state index in [1.54, 1.807) is 4.90 Å². The van der Waals surface area contributed by atoms with Crippen LogP contribution in [0.3, 0.4) is 0 Å². The summed E-state index contributed by atoms with van der Waals surface area (Å²) >= 11 is 0. The predicted octanol–water partition coefficient (Wildman–Crippen LogP) is 3.14. The molecule has 1 unspecified atom stereocenters. The van der Waals surface area contributed by atoms with Crippen LogP contribution in [-0.4, -0.2) is 50.7 Å². The highest BCUT2D eigenvalue weighted by Crippen LogP contribution is 2.24. The molecule has 1 aliphatic heterocycles. The normalized spacial score (nSPS) is 16.8. The van der Waals surface area contributed by atoms with Gasteiger partial charge in [-0.15, -0.1) is 0 Å². The number of piperidine rings is 1. The molecule has 1 N–H and O–H groups in total. The molecule has 0 radical (unpaired) electrons. The zero-order valence-corrected chi connectivity index (χ0v) is 16.9. The van der Waals surface area contributed by atoms with Crippen molar-refractivity contribution in [1.29, 1.82) is 0 Å². The molecule has 2 aromatic heterocycles. The van der Waals surface area contributed by atoms with Gasteiger partial charge in [-0.1, -0.05) is 18.2 Å². The van der Waals surface area contributed by atoms with E-state index in [1.807, 2.05) is 51.1 Å². The van der Waals surface area contributed by atoms with Gasteiger partial charge >= 0.3 is 6.01 Å². The fourth-order valence-corrected chi connectivity index (χ4v) is 3.93. The number of ether oxygens (including phenoxy) is 1. The summed E-state index contributed by atoms with van der Waals surface area (Å²) in [5.74, 6) is -0.976. The van der Waals surface area contributed by atoms with E-state index in [0.717, 1.165) is 35.1 Å². The van der Waals surface area contributed by atoms with Gasteiger partial charge in [-0.2, -0.15) is 0 Å². The molecule has 1 aromatic carbocycles. The first-order chi connectivity index (χ1) is 13.9. The summed E-state index contributed by atoms with van der Waals surface area (Å²) in [5, 5.41) is 0.775. The highest BCUT2D eigenvalue weighted by Gasteiger charge is 2.31. The molecule has 3 heterocycles. The molecule has 29 heavy (non-hydrogen) atoms. The number of amides is 1. The molecule has 1 atom stereocenters. The van der Waals surface area contributed by atoms with Gasteiger partial charge in [0.2, 0.25) is 0 Å². The number of Topliss-reactive ketones (excluding diaryl/α,β-unsaturated/α-hetero) is 1. The van der Waals surface area contributed by atoms with E-state index in [4.69, 9.17) is 4.74 Å².